The van der Waals surface area contributed by atoms with E-state index >= 15 is 0 Å². The summed E-state index contributed by atoms with van der Waals surface area (Å²) in [5, 5.41) is 10.7. The summed E-state index contributed by atoms with van der Waals surface area (Å²) in [6.07, 6.45) is 1.06. The van der Waals surface area contributed by atoms with Gasteiger partial charge in [0.1, 0.15) is 5.75 Å². The highest BCUT2D eigenvalue weighted by atomic mass is 16.5. The molecule has 0 radical (unpaired) electrons. The number of rotatable bonds is 4. The number of hydrogen-bond acceptors (Lipinski definition) is 5. The fourth-order valence-corrected chi connectivity index (χ4v) is 2.89. The topological polar surface area (TPSA) is 85.5 Å². The van der Waals surface area contributed by atoms with Crippen molar-refractivity contribution < 1.29 is 19.0 Å². The van der Waals surface area contributed by atoms with Crippen LogP contribution in [0.1, 0.15) is 12.0 Å². The van der Waals surface area contributed by atoms with Crippen LogP contribution in [0.25, 0.3) is 10.9 Å². The first-order chi connectivity index (χ1) is 12.7. The summed E-state index contributed by atoms with van der Waals surface area (Å²) >= 11 is 0. The average Bonchev–Trinajstić information content (AvgIpc) is 2.89. The van der Waals surface area contributed by atoms with Gasteiger partial charge >= 0.3 is 0 Å². The van der Waals surface area contributed by atoms with Crippen LogP contribution in [-0.2, 0) is 11.2 Å². The van der Waals surface area contributed by atoms with Crippen molar-refractivity contribution in [3.05, 3.63) is 42.0 Å². The molecule has 1 aliphatic heterocycles. The third kappa shape index (κ3) is 3.28. The van der Waals surface area contributed by atoms with Gasteiger partial charge < -0.3 is 19.5 Å². The SMILES string of the molecule is COc1ccc2[nH]nc(NC(=O)Cc3ccc4c(c3)OCCCO4)c2c1. The van der Waals surface area contributed by atoms with Gasteiger partial charge in [0.2, 0.25) is 5.91 Å². The van der Waals surface area contributed by atoms with Crippen molar-refractivity contribution in [2.45, 2.75) is 12.8 Å². The molecule has 7 heteroatoms. The fraction of sp³-hybridized carbons (Fsp3) is 0.263. The normalized spacial score (nSPS) is 13.3. The van der Waals surface area contributed by atoms with Crippen LogP contribution in [0.3, 0.4) is 0 Å². The molecule has 0 fully saturated rings. The van der Waals surface area contributed by atoms with Crippen molar-refractivity contribution in [2.75, 3.05) is 25.6 Å². The van der Waals surface area contributed by atoms with E-state index in [1.165, 1.54) is 0 Å². The van der Waals surface area contributed by atoms with Crippen LogP contribution in [0, 0.1) is 0 Å². The number of ether oxygens (including phenoxy) is 3. The summed E-state index contributed by atoms with van der Waals surface area (Å²) in [6, 6.07) is 11.1. The molecule has 4 rings (SSSR count). The Bertz CT molecular complexity index is 951. The lowest BCUT2D eigenvalue weighted by Gasteiger charge is -2.09. The molecule has 7 nitrogen and oxygen atoms in total. The van der Waals surface area contributed by atoms with Gasteiger partial charge in [-0.1, -0.05) is 6.07 Å². The van der Waals surface area contributed by atoms with Gasteiger partial charge in [-0.2, -0.15) is 5.10 Å². The lowest BCUT2D eigenvalue weighted by Crippen LogP contribution is -2.15. The molecule has 0 aliphatic carbocycles. The molecule has 2 aromatic carbocycles. The number of nitrogens with one attached hydrogen (secondary N) is 2. The van der Waals surface area contributed by atoms with Gasteiger partial charge in [0.05, 0.1) is 32.3 Å². The second-order valence-electron chi connectivity index (χ2n) is 6.04. The summed E-state index contributed by atoms with van der Waals surface area (Å²) < 4.78 is 16.5. The standard InChI is InChI=1S/C19H19N3O4/c1-24-13-4-5-15-14(11-13)19(22-21-15)20-18(23)10-12-3-6-16-17(9-12)26-8-2-7-25-16/h3-6,9,11H,2,7-8,10H2,1H3,(H2,20,21,22,23). The number of carbonyl (C=O) groups is 1. The van der Waals surface area contributed by atoms with E-state index in [4.69, 9.17) is 14.2 Å². The Kier molecular flexibility index (Phi) is 4.35. The number of methoxy groups -OCH3 is 1. The summed E-state index contributed by atoms with van der Waals surface area (Å²) in [7, 11) is 1.60. The molecule has 3 aromatic rings. The molecule has 0 unspecified atom stereocenters. The molecule has 1 aliphatic rings. The highest BCUT2D eigenvalue weighted by Crippen LogP contribution is 2.31. The molecule has 2 N–H and O–H groups in total. The number of H-pyrrole nitrogens is 1. The maximum Gasteiger partial charge on any atom is 0.230 e. The number of nitrogens with zero attached hydrogens (tertiary/aromatic N) is 1. The summed E-state index contributed by atoms with van der Waals surface area (Å²) in [6.45, 7) is 1.26. The van der Waals surface area contributed by atoms with Crippen molar-refractivity contribution in [1.82, 2.24) is 10.2 Å². The van der Waals surface area contributed by atoms with E-state index in [0.717, 1.165) is 28.6 Å². The van der Waals surface area contributed by atoms with Gasteiger partial charge in [0, 0.05) is 11.8 Å². The number of fused-ring (bicyclic) bond motifs is 2. The second-order valence-corrected chi connectivity index (χ2v) is 6.04. The van der Waals surface area contributed by atoms with E-state index < -0.39 is 0 Å². The van der Waals surface area contributed by atoms with Gasteiger partial charge in [-0.25, -0.2) is 0 Å². The first-order valence-electron chi connectivity index (χ1n) is 8.43. The Labute approximate surface area is 150 Å². The largest absolute Gasteiger partial charge is 0.497 e. The minimum atomic E-state index is -0.157. The van der Waals surface area contributed by atoms with Gasteiger partial charge in [-0.3, -0.25) is 9.89 Å². The van der Waals surface area contributed by atoms with Crippen LogP contribution >= 0.6 is 0 Å². The fourth-order valence-electron chi connectivity index (χ4n) is 2.89. The smallest absolute Gasteiger partial charge is 0.230 e. The van der Waals surface area contributed by atoms with Crippen molar-refractivity contribution in [3.8, 4) is 17.2 Å². The molecular formula is C19H19N3O4. The third-order valence-corrected chi connectivity index (χ3v) is 4.20. The van der Waals surface area contributed by atoms with E-state index in [9.17, 15) is 4.79 Å². The first kappa shape index (κ1) is 16.3. The molecule has 134 valence electrons. The number of aromatic nitrogens is 2. The second kappa shape index (κ2) is 6.95. The monoisotopic (exact) mass is 353 g/mol. The molecule has 1 aromatic heterocycles. The number of carbonyl (C=O) groups excluding carboxylic acids is 1. The molecule has 0 saturated carbocycles. The molecule has 0 saturated heterocycles. The zero-order valence-electron chi connectivity index (χ0n) is 14.4. The van der Waals surface area contributed by atoms with Crippen LogP contribution in [0.4, 0.5) is 5.82 Å². The van der Waals surface area contributed by atoms with Crippen molar-refractivity contribution >= 4 is 22.6 Å². The van der Waals surface area contributed by atoms with Crippen molar-refractivity contribution in [2.24, 2.45) is 0 Å². The molecule has 1 amide bonds. The van der Waals surface area contributed by atoms with Crippen LogP contribution < -0.4 is 19.5 Å². The van der Waals surface area contributed by atoms with Crippen LogP contribution in [0.5, 0.6) is 17.2 Å². The number of hydrogen-bond donors (Lipinski definition) is 2. The van der Waals surface area contributed by atoms with Gasteiger partial charge in [0.15, 0.2) is 17.3 Å². The average molecular weight is 353 g/mol. The molecule has 0 atom stereocenters. The molecule has 2 heterocycles. The lowest BCUT2D eigenvalue weighted by molar-refractivity contribution is -0.115. The number of benzene rings is 2. The minimum Gasteiger partial charge on any atom is -0.497 e. The van der Waals surface area contributed by atoms with E-state index in [0.29, 0.717) is 30.5 Å². The number of amides is 1. The van der Waals surface area contributed by atoms with Crippen LogP contribution in [-0.4, -0.2) is 36.4 Å². The lowest BCUT2D eigenvalue weighted by atomic mass is 10.1. The maximum absolute atomic E-state index is 12.4. The maximum atomic E-state index is 12.4. The summed E-state index contributed by atoms with van der Waals surface area (Å²) in [5.41, 5.74) is 1.68. The predicted octanol–water partition coefficient (Wildman–Crippen LogP) is 2.91. The van der Waals surface area contributed by atoms with Crippen LogP contribution in [0.15, 0.2) is 36.4 Å². The number of anilines is 1. The summed E-state index contributed by atoms with van der Waals surface area (Å²) in [5.74, 6) is 2.44. The highest BCUT2D eigenvalue weighted by molar-refractivity contribution is 6.00. The molecule has 0 bridgehead atoms. The molecule has 26 heavy (non-hydrogen) atoms. The van der Waals surface area contributed by atoms with E-state index in [1.807, 2.05) is 36.4 Å². The van der Waals surface area contributed by atoms with Gasteiger partial charge in [-0.15, -0.1) is 0 Å². The minimum absolute atomic E-state index is 0.157. The quantitative estimate of drug-likeness (QED) is 0.753. The van der Waals surface area contributed by atoms with E-state index in [1.54, 1.807) is 7.11 Å². The molecule has 0 spiro atoms. The summed E-state index contributed by atoms with van der Waals surface area (Å²) in [4.78, 5) is 12.4. The predicted molar refractivity (Wildman–Crippen MR) is 97.0 cm³/mol. The Hall–Kier alpha value is -3.22. The van der Waals surface area contributed by atoms with Crippen molar-refractivity contribution in [1.29, 1.82) is 0 Å². The van der Waals surface area contributed by atoms with Gasteiger partial charge in [-0.05, 0) is 35.9 Å². The highest BCUT2D eigenvalue weighted by Gasteiger charge is 2.14. The molecular weight excluding hydrogens is 334 g/mol. The van der Waals surface area contributed by atoms with Crippen molar-refractivity contribution in [3.63, 3.8) is 0 Å². The Morgan fingerprint density at radius 1 is 1.19 bits per heavy atom. The first-order valence-corrected chi connectivity index (χ1v) is 8.43. The van der Waals surface area contributed by atoms with Crippen LogP contribution in [0.2, 0.25) is 0 Å². The Morgan fingerprint density at radius 3 is 2.88 bits per heavy atom. The Morgan fingerprint density at radius 2 is 2.04 bits per heavy atom. The third-order valence-electron chi connectivity index (χ3n) is 4.20. The van der Waals surface area contributed by atoms with E-state index in [2.05, 4.69) is 15.5 Å². The Balaban J connectivity index is 1.50. The zero-order valence-corrected chi connectivity index (χ0v) is 14.4. The zero-order chi connectivity index (χ0) is 17.9. The van der Waals surface area contributed by atoms with E-state index in [-0.39, 0.29) is 12.3 Å². The van der Waals surface area contributed by atoms with Gasteiger partial charge in [0.25, 0.3) is 0 Å². The number of aromatic amines is 1.